The molecule has 39 heavy (non-hydrogen) atoms. The van der Waals surface area contributed by atoms with Crippen molar-refractivity contribution < 1.29 is 27.9 Å². The van der Waals surface area contributed by atoms with Gasteiger partial charge in [0.15, 0.2) is 0 Å². The number of β-amino-alcohol motifs (C(OH)–C–C–N with tert-alkyl or cyclic N) is 1. The summed E-state index contributed by atoms with van der Waals surface area (Å²) in [5, 5.41) is 13.3. The van der Waals surface area contributed by atoms with E-state index >= 15 is 0 Å². The fraction of sp³-hybridized carbons (Fsp3) is 0.333. The number of benzene rings is 2. The van der Waals surface area contributed by atoms with Crippen molar-refractivity contribution in [1.29, 1.82) is 0 Å². The van der Waals surface area contributed by atoms with E-state index in [1.165, 1.54) is 41.6 Å². The molecule has 0 spiro atoms. The van der Waals surface area contributed by atoms with Crippen LogP contribution in [-0.4, -0.2) is 57.5 Å². The number of nitrogens with one attached hydrogen (secondary N) is 1. The van der Waals surface area contributed by atoms with Crippen LogP contribution in [0.2, 0.25) is 5.02 Å². The Labute approximate surface area is 227 Å². The highest BCUT2D eigenvalue weighted by Gasteiger charge is 2.48. The molecule has 2 aromatic carbocycles. The van der Waals surface area contributed by atoms with Gasteiger partial charge in [0.2, 0.25) is 11.9 Å². The Balaban J connectivity index is 1.59. The van der Waals surface area contributed by atoms with Crippen molar-refractivity contribution in [2.45, 2.75) is 49.4 Å². The quantitative estimate of drug-likeness (QED) is 0.456. The van der Waals surface area contributed by atoms with Crippen molar-refractivity contribution >= 4 is 35.1 Å². The molecule has 12 heteroatoms. The van der Waals surface area contributed by atoms with Crippen LogP contribution in [0.5, 0.6) is 0 Å². The van der Waals surface area contributed by atoms with Gasteiger partial charge in [-0.25, -0.2) is 23.1 Å². The van der Waals surface area contributed by atoms with Gasteiger partial charge in [0, 0.05) is 60.5 Å². The van der Waals surface area contributed by atoms with E-state index in [9.17, 15) is 27.9 Å². The Kier molecular flexibility index (Phi) is 7.46. The molecule has 2 N–H and O–H groups in total. The van der Waals surface area contributed by atoms with Crippen molar-refractivity contribution in [2.75, 3.05) is 16.3 Å². The first kappa shape index (κ1) is 26.9. The third-order valence-electron chi connectivity index (χ3n) is 6.84. The standard InChI is InChI=1S/C27H25ClF3N5O3/c28-21-8-2-1-7-20(21)23(24(38)34-17-13-27(30,31)14-17)36(18-6-3-5-16(29)11-18)25(39)22-12-19(37)15-35(22)26-32-9-4-10-33-26/h1-11,17,19,22-23,37H,12-15H2,(H,34,38)/t19-,22+,23+/m1/s1. The second-order valence-electron chi connectivity index (χ2n) is 9.69. The number of rotatable bonds is 7. The van der Waals surface area contributed by atoms with Crippen molar-refractivity contribution in [3.8, 4) is 0 Å². The SMILES string of the molecule is O=C(NC1CC(F)(F)C1)[C@H](c1ccccc1Cl)N(C(=O)[C@@H]1C[C@@H](O)CN1c1ncccn1)c1cccc(F)c1. The number of halogens is 4. The number of carbonyl (C=O) groups excluding carboxylic acids is 2. The van der Waals surface area contributed by atoms with Crippen LogP contribution in [0, 0.1) is 5.82 Å². The molecule has 2 amide bonds. The number of nitrogens with zero attached hydrogens (tertiary/aromatic N) is 4. The summed E-state index contributed by atoms with van der Waals surface area (Å²) in [7, 11) is 0. The van der Waals surface area contributed by atoms with Gasteiger partial charge >= 0.3 is 0 Å². The lowest BCUT2D eigenvalue weighted by molar-refractivity contribution is -0.133. The first-order chi connectivity index (χ1) is 18.6. The van der Waals surface area contributed by atoms with Gasteiger partial charge < -0.3 is 15.3 Å². The summed E-state index contributed by atoms with van der Waals surface area (Å²) in [5.74, 6) is -4.74. The van der Waals surface area contributed by atoms with Crippen LogP contribution in [-0.2, 0) is 9.59 Å². The molecule has 1 saturated carbocycles. The number of amides is 2. The lowest BCUT2D eigenvalue weighted by Gasteiger charge is -2.39. The van der Waals surface area contributed by atoms with Crippen LogP contribution in [0.3, 0.4) is 0 Å². The Morgan fingerprint density at radius 2 is 1.82 bits per heavy atom. The zero-order chi connectivity index (χ0) is 27.7. The van der Waals surface area contributed by atoms with Gasteiger partial charge in [-0.05, 0) is 30.3 Å². The van der Waals surface area contributed by atoms with Crippen LogP contribution in [0.25, 0.3) is 0 Å². The molecule has 1 saturated heterocycles. The highest BCUT2D eigenvalue weighted by atomic mass is 35.5. The smallest absolute Gasteiger partial charge is 0.252 e. The molecule has 1 aliphatic carbocycles. The minimum Gasteiger partial charge on any atom is -0.391 e. The maximum atomic E-state index is 14.5. The lowest BCUT2D eigenvalue weighted by Crippen LogP contribution is -2.56. The van der Waals surface area contributed by atoms with Crippen LogP contribution in [0.15, 0.2) is 67.0 Å². The molecule has 5 rings (SSSR count). The Morgan fingerprint density at radius 1 is 1.10 bits per heavy atom. The normalized spacial score (nSPS) is 21.2. The molecule has 204 valence electrons. The second kappa shape index (κ2) is 10.8. The van der Waals surface area contributed by atoms with Gasteiger partial charge in [-0.15, -0.1) is 0 Å². The molecule has 0 unspecified atom stereocenters. The summed E-state index contributed by atoms with van der Waals surface area (Å²) in [6.45, 7) is 0.0531. The predicted octanol–water partition coefficient (Wildman–Crippen LogP) is 3.90. The number of hydrogen-bond donors (Lipinski definition) is 2. The number of aliphatic hydroxyl groups is 1. The molecule has 2 aliphatic rings. The van der Waals surface area contributed by atoms with Crippen LogP contribution >= 0.6 is 11.6 Å². The van der Waals surface area contributed by atoms with Gasteiger partial charge in [0.25, 0.3) is 11.8 Å². The molecule has 0 bridgehead atoms. The van der Waals surface area contributed by atoms with Gasteiger partial charge in [0.05, 0.1) is 6.10 Å². The van der Waals surface area contributed by atoms with Gasteiger partial charge in [0.1, 0.15) is 17.9 Å². The van der Waals surface area contributed by atoms with E-state index in [0.717, 1.165) is 11.0 Å². The molecule has 1 aliphatic heterocycles. The highest BCUT2D eigenvalue weighted by Crippen LogP contribution is 2.39. The third kappa shape index (κ3) is 5.69. The topological polar surface area (TPSA) is 98.7 Å². The molecular formula is C27H25ClF3N5O3. The molecule has 3 atom stereocenters. The number of aromatic nitrogens is 2. The molecule has 3 aromatic rings. The van der Waals surface area contributed by atoms with E-state index in [2.05, 4.69) is 15.3 Å². The second-order valence-corrected chi connectivity index (χ2v) is 10.1. The van der Waals surface area contributed by atoms with Crippen molar-refractivity contribution in [1.82, 2.24) is 15.3 Å². The monoisotopic (exact) mass is 559 g/mol. The lowest BCUT2D eigenvalue weighted by atomic mass is 9.87. The zero-order valence-corrected chi connectivity index (χ0v) is 21.3. The van der Waals surface area contributed by atoms with E-state index in [0.29, 0.717) is 0 Å². The van der Waals surface area contributed by atoms with E-state index in [4.69, 9.17) is 11.6 Å². The summed E-state index contributed by atoms with van der Waals surface area (Å²) < 4.78 is 41.6. The summed E-state index contributed by atoms with van der Waals surface area (Å²) in [6, 6.07) is 9.84. The number of anilines is 2. The van der Waals surface area contributed by atoms with Crippen LogP contribution < -0.4 is 15.1 Å². The number of alkyl halides is 2. The number of aliphatic hydroxyl groups excluding tert-OH is 1. The molecule has 2 fully saturated rings. The van der Waals surface area contributed by atoms with E-state index in [-0.39, 0.29) is 35.2 Å². The summed E-state index contributed by atoms with van der Waals surface area (Å²) in [4.78, 5) is 39.1. The predicted molar refractivity (Wildman–Crippen MR) is 138 cm³/mol. The van der Waals surface area contributed by atoms with Crippen molar-refractivity contribution in [2.24, 2.45) is 0 Å². The van der Waals surface area contributed by atoms with E-state index in [1.807, 2.05) is 0 Å². The number of hydrogen-bond acceptors (Lipinski definition) is 6. The van der Waals surface area contributed by atoms with Gasteiger partial charge in [-0.2, -0.15) is 0 Å². The maximum absolute atomic E-state index is 14.5. The largest absolute Gasteiger partial charge is 0.391 e. The van der Waals surface area contributed by atoms with Gasteiger partial charge in [-0.1, -0.05) is 35.9 Å². The highest BCUT2D eigenvalue weighted by molar-refractivity contribution is 6.31. The first-order valence-electron chi connectivity index (χ1n) is 12.4. The van der Waals surface area contributed by atoms with E-state index in [1.54, 1.807) is 24.3 Å². The minimum absolute atomic E-state index is 0.00535. The molecular weight excluding hydrogens is 535 g/mol. The summed E-state index contributed by atoms with van der Waals surface area (Å²) >= 11 is 6.49. The molecule has 8 nitrogen and oxygen atoms in total. The Hall–Kier alpha value is -3.70. The zero-order valence-electron chi connectivity index (χ0n) is 20.6. The fourth-order valence-corrected chi connectivity index (χ4v) is 5.28. The van der Waals surface area contributed by atoms with Crippen LogP contribution in [0.1, 0.15) is 30.9 Å². The average Bonchev–Trinajstić information content (AvgIpc) is 3.28. The van der Waals surface area contributed by atoms with E-state index < -0.39 is 60.6 Å². The number of carbonyl (C=O) groups is 2. The molecule has 1 aromatic heterocycles. The third-order valence-corrected chi connectivity index (χ3v) is 7.18. The van der Waals surface area contributed by atoms with Crippen molar-refractivity contribution in [3.05, 3.63) is 83.4 Å². The Morgan fingerprint density at radius 3 is 2.49 bits per heavy atom. The van der Waals surface area contributed by atoms with Crippen molar-refractivity contribution in [3.63, 3.8) is 0 Å². The maximum Gasteiger partial charge on any atom is 0.252 e. The molecule has 0 radical (unpaired) electrons. The fourth-order valence-electron chi connectivity index (χ4n) is 5.04. The summed E-state index contributed by atoms with van der Waals surface area (Å²) in [5.41, 5.74) is 0.274. The first-order valence-corrected chi connectivity index (χ1v) is 12.7. The Bertz CT molecular complexity index is 1360. The summed E-state index contributed by atoms with van der Waals surface area (Å²) in [6.07, 6.45) is 1.02. The van der Waals surface area contributed by atoms with Crippen LogP contribution in [0.4, 0.5) is 24.8 Å². The average molecular weight is 560 g/mol. The van der Waals surface area contributed by atoms with Gasteiger partial charge in [-0.3, -0.25) is 14.5 Å². The molecule has 2 heterocycles. The minimum atomic E-state index is -2.88.